The summed E-state index contributed by atoms with van der Waals surface area (Å²) in [6.45, 7) is 0. The number of benzene rings is 2. The molecule has 0 spiro atoms. The summed E-state index contributed by atoms with van der Waals surface area (Å²) in [4.78, 5) is 0. The van der Waals surface area contributed by atoms with Crippen LogP contribution in [0.1, 0.15) is 5.56 Å². The number of hydrogen-bond donors (Lipinski definition) is 0. The highest BCUT2D eigenvalue weighted by Crippen LogP contribution is 2.32. The lowest BCUT2D eigenvalue weighted by Crippen LogP contribution is -1.92. The van der Waals surface area contributed by atoms with Crippen molar-refractivity contribution >= 4 is 43.5 Å². The minimum atomic E-state index is -0.553. The summed E-state index contributed by atoms with van der Waals surface area (Å²) in [5.74, 6) is 0.158. The van der Waals surface area contributed by atoms with Crippen LogP contribution in [0.3, 0.4) is 0 Å². The predicted molar refractivity (Wildman–Crippen MR) is 78.3 cm³/mol. The SMILES string of the molecule is Fc1c(Cl)cccc1Oc1ccc(Br)cc1CBr. The molecule has 0 amide bonds. The molecule has 0 aromatic heterocycles. The lowest BCUT2D eigenvalue weighted by Gasteiger charge is -2.11. The quantitative estimate of drug-likeness (QED) is 0.587. The maximum Gasteiger partial charge on any atom is 0.184 e. The van der Waals surface area contributed by atoms with Crippen LogP contribution in [0, 0.1) is 5.82 Å². The molecule has 94 valence electrons. The standard InChI is InChI=1S/C13H8Br2ClFO/c14-7-8-6-9(15)4-5-11(8)18-12-3-1-2-10(16)13(12)17/h1-6H,7H2. The number of hydrogen-bond acceptors (Lipinski definition) is 1. The molecule has 0 heterocycles. The largest absolute Gasteiger partial charge is 0.454 e. The van der Waals surface area contributed by atoms with Gasteiger partial charge in [0.2, 0.25) is 0 Å². The van der Waals surface area contributed by atoms with E-state index in [1.807, 2.05) is 12.1 Å². The Hall–Kier alpha value is -0.580. The fraction of sp³-hybridized carbons (Fsp3) is 0.0769. The van der Waals surface area contributed by atoms with Gasteiger partial charge in [-0.3, -0.25) is 0 Å². The van der Waals surface area contributed by atoms with Crippen LogP contribution in [0.2, 0.25) is 5.02 Å². The van der Waals surface area contributed by atoms with E-state index in [1.165, 1.54) is 6.07 Å². The van der Waals surface area contributed by atoms with Crippen molar-refractivity contribution in [2.45, 2.75) is 5.33 Å². The summed E-state index contributed by atoms with van der Waals surface area (Å²) >= 11 is 12.5. The first-order valence-corrected chi connectivity index (χ1v) is 7.37. The van der Waals surface area contributed by atoms with Crippen LogP contribution in [-0.4, -0.2) is 0 Å². The molecule has 0 radical (unpaired) electrons. The van der Waals surface area contributed by atoms with Crippen molar-refractivity contribution in [2.75, 3.05) is 0 Å². The van der Waals surface area contributed by atoms with E-state index in [4.69, 9.17) is 16.3 Å². The van der Waals surface area contributed by atoms with Crippen molar-refractivity contribution in [1.29, 1.82) is 0 Å². The molecule has 2 rings (SSSR count). The normalized spacial score (nSPS) is 10.4. The fourth-order valence-electron chi connectivity index (χ4n) is 1.43. The molecule has 18 heavy (non-hydrogen) atoms. The van der Waals surface area contributed by atoms with E-state index in [2.05, 4.69) is 31.9 Å². The Morgan fingerprint density at radius 1 is 1.17 bits per heavy atom. The summed E-state index contributed by atoms with van der Waals surface area (Å²) in [7, 11) is 0. The predicted octanol–water partition coefficient (Wildman–Crippen LogP) is 5.93. The van der Waals surface area contributed by atoms with Gasteiger partial charge in [0.15, 0.2) is 11.6 Å². The molecule has 2 aromatic carbocycles. The van der Waals surface area contributed by atoms with Crippen molar-refractivity contribution in [2.24, 2.45) is 0 Å². The van der Waals surface area contributed by atoms with Gasteiger partial charge in [-0.05, 0) is 30.3 Å². The van der Waals surface area contributed by atoms with Crippen LogP contribution in [0.25, 0.3) is 0 Å². The van der Waals surface area contributed by atoms with E-state index in [-0.39, 0.29) is 10.8 Å². The van der Waals surface area contributed by atoms with Crippen LogP contribution in [0.15, 0.2) is 40.9 Å². The first kappa shape index (κ1) is 13.8. The van der Waals surface area contributed by atoms with Gasteiger partial charge in [0.25, 0.3) is 0 Å². The van der Waals surface area contributed by atoms with E-state index in [0.717, 1.165) is 10.0 Å². The van der Waals surface area contributed by atoms with Crippen LogP contribution in [0.4, 0.5) is 4.39 Å². The van der Waals surface area contributed by atoms with E-state index in [1.54, 1.807) is 18.2 Å². The summed E-state index contributed by atoms with van der Waals surface area (Å²) in [6, 6.07) is 10.2. The highest BCUT2D eigenvalue weighted by Gasteiger charge is 2.10. The minimum Gasteiger partial charge on any atom is -0.454 e. The lowest BCUT2D eigenvalue weighted by molar-refractivity contribution is 0.439. The highest BCUT2D eigenvalue weighted by atomic mass is 79.9. The third-order valence-electron chi connectivity index (χ3n) is 2.30. The number of rotatable bonds is 3. The molecule has 0 bridgehead atoms. The van der Waals surface area contributed by atoms with Gasteiger partial charge < -0.3 is 4.74 Å². The van der Waals surface area contributed by atoms with E-state index in [9.17, 15) is 4.39 Å². The zero-order valence-corrected chi connectivity index (χ0v) is 13.0. The molecule has 0 aliphatic rings. The Balaban J connectivity index is 2.37. The molecule has 0 aliphatic carbocycles. The zero-order valence-electron chi connectivity index (χ0n) is 9.09. The smallest absolute Gasteiger partial charge is 0.184 e. The van der Waals surface area contributed by atoms with Crippen LogP contribution in [0.5, 0.6) is 11.5 Å². The Morgan fingerprint density at radius 3 is 2.67 bits per heavy atom. The Kier molecular flexibility index (Phi) is 4.65. The number of ether oxygens (including phenoxy) is 1. The van der Waals surface area contributed by atoms with E-state index >= 15 is 0 Å². The van der Waals surface area contributed by atoms with Gasteiger partial charge in [-0.15, -0.1) is 0 Å². The Morgan fingerprint density at radius 2 is 1.94 bits per heavy atom. The zero-order chi connectivity index (χ0) is 13.1. The molecular formula is C13H8Br2ClFO. The number of halogens is 4. The van der Waals surface area contributed by atoms with Gasteiger partial charge >= 0.3 is 0 Å². The molecule has 0 aliphatic heterocycles. The highest BCUT2D eigenvalue weighted by molar-refractivity contribution is 9.10. The van der Waals surface area contributed by atoms with Crippen molar-refractivity contribution in [3.63, 3.8) is 0 Å². The molecular weight excluding hydrogens is 386 g/mol. The molecule has 0 atom stereocenters. The molecule has 2 aromatic rings. The van der Waals surface area contributed by atoms with Crippen molar-refractivity contribution in [3.8, 4) is 11.5 Å². The van der Waals surface area contributed by atoms with Crippen LogP contribution >= 0.6 is 43.5 Å². The van der Waals surface area contributed by atoms with Crippen LogP contribution in [-0.2, 0) is 5.33 Å². The van der Waals surface area contributed by atoms with Crippen molar-refractivity contribution < 1.29 is 9.13 Å². The molecule has 0 saturated heterocycles. The molecule has 0 saturated carbocycles. The maximum atomic E-state index is 13.7. The second-order valence-corrected chi connectivity index (χ2v) is 5.42. The van der Waals surface area contributed by atoms with Gasteiger partial charge in [-0.2, -0.15) is 0 Å². The summed E-state index contributed by atoms with van der Waals surface area (Å²) in [6.07, 6.45) is 0. The van der Waals surface area contributed by atoms with Crippen LogP contribution < -0.4 is 4.74 Å². The third kappa shape index (κ3) is 3.05. The molecule has 0 fully saturated rings. The monoisotopic (exact) mass is 392 g/mol. The topological polar surface area (TPSA) is 9.23 Å². The molecule has 1 nitrogen and oxygen atoms in total. The molecule has 5 heteroatoms. The van der Waals surface area contributed by atoms with Gasteiger partial charge in [-0.25, -0.2) is 4.39 Å². The van der Waals surface area contributed by atoms with E-state index < -0.39 is 5.82 Å². The average molecular weight is 394 g/mol. The first-order chi connectivity index (χ1) is 8.61. The molecule has 0 N–H and O–H groups in total. The van der Waals surface area contributed by atoms with Gasteiger partial charge in [0.05, 0.1) is 5.02 Å². The van der Waals surface area contributed by atoms with E-state index in [0.29, 0.717) is 11.1 Å². The maximum absolute atomic E-state index is 13.7. The van der Waals surface area contributed by atoms with Gasteiger partial charge in [-0.1, -0.05) is 49.5 Å². The second kappa shape index (κ2) is 6.04. The Bertz CT molecular complexity index is 575. The summed E-state index contributed by atoms with van der Waals surface area (Å²) in [5, 5.41) is 0.661. The van der Waals surface area contributed by atoms with Crippen molar-refractivity contribution in [3.05, 3.63) is 57.3 Å². The van der Waals surface area contributed by atoms with Gasteiger partial charge in [0, 0.05) is 15.4 Å². The van der Waals surface area contributed by atoms with Crippen molar-refractivity contribution in [1.82, 2.24) is 0 Å². The minimum absolute atomic E-state index is 0.0463. The third-order valence-corrected chi connectivity index (χ3v) is 3.69. The average Bonchev–Trinajstić information content (AvgIpc) is 2.37. The summed E-state index contributed by atoms with van der Waals surface area (Å²) < 4.78 is 20.2. The fourth-order valence-corrected chi connectivity index (χ4v) is 2.45. The Labute approximate surface area is 126 Å². The number of alkyl halides is 1. The van der Waals surface area contributed by atoms with Gasteiger partial charge in [0.1, 0.15) is 5.75 Å². The first-order valence-electron chi connectivity index (χ1n) is 5.08. The second-order valence-electron chi connectivity index (χ2n) is 3.54. The molecule has 0 unspecified atom stereocenters. The summed E-state index contributed by atoms with van der Waals surface area (Å²) in [5.41, 5.74) is 0.920. The lowest BCUT2D eigenvalue weighted by atomic mass is 10.2.